The van der Waals surface area contributed by atoms with Crippen LogP contribution in [0.5, 0.6) is 0 Å². The lowest BCUT2D eigenvalue weighted by Crippen LogP contribution is -2.57. The molecule has 2 aliphatic heterocycles. The molecule has 1 fully saturated rings. The summed E-state index contributed by atoms with van der Waals surface area (Å²) in [4.78, 5) is 33.6. The minimum atomic E-state index is -0.556. The summed E-state index contributed by atoms with van der Waals surface area (Å²) in [5.41, 5.74) is 3.80. The fourth-order valence-electron chi connectivity index (χ4n) is 4.49. The normalized spacial score (nSPS) is 17.3. The number of carbonyl (C=O) groups is 2. The highest BCUT2D eigenvalue weighted by Gasteiger charge is 2.44. The van der Waals surface area contributed by atoms with Gasteiger partial charge in [-0.1, -0.05) is 11.6 Å². The van der Waals surface area contributed by atoms with Gasteiger partial charge in [-0.2, -0.15) is 5.10 Å². The van der Waals surface area contributed by atoms with E-state index in [4.69, 9.17) is 11.6 Å². The van der Waals surface area contributed by atoms with Crippen molar-refractivity contribution in [3.05, 3.63) is 70.3 Å². The van der Waals surface area contributed by atoms with E-state index in [-0.39, 0.29) is 17.9 Å². The number of nitrogens with one attached hydrogen (secondary N) is 2. The molecule has 1 aromatic carbocycles. The van der Waals surface area contributed by atoms with Crippen LogP contribution in [0.25, 0.3) is 0 Å². The molecule has 0 atom stereocenters. The van der Waals surface area contributed by atoms with Crippen molar-refractivity contribution < 1.29 is 9.59 Å². The minimum Gasteiger partial charge on any atom is -0.377 e. The summed E-state index contributed by atoms with van der Waals surface area (Å²) >= 11 is 6.19. The van der Waals surface area contributed by atoms with Crippen molar-refractivity contribution in [2.75, 3.05) is 23.3 Å². The second-order valence-electron chi connectivity index (χ2n) is 8.76. The number of aryl methyl sites for hydroxylation is 1. The summed E-state index contributed by atoms with van der Waals surface area (Å²) in [6.45, 7) is 6.99. The molecule has 8 nitrogen and oxygen atoms in total. The molecular weight excluding hydrogens is 428 g/mol. The second kappa shape index (κ2) is 7.34. The number of nitrogens with zero attached hydrogens (tertiary/aromatic N) is 4. The number of carbonyl (C=O) groups excluding carboxylic acids is 2. The topological polar surface area (TPSA) is 94.2 Å². The quantitative estimate of drug-likeness (QED) is 0.633. The van der Waals surface area contributed by atoms with E-state index < -0.39 is 5.54 Å². The largest absolute Gasteiger partial charge is 0.377 e. The first-order valence-electron chi connectivity index (χ1n) is 10.4. The lowest BCUT2D eigenvalue weighted by atomic mass is 9.93. The highest BCUT2D eigenvalue weighted by atomic mass is 35.5. The maximum absolute atomic E-state index is 13.2. The average Bonchev–Trinajstić information content (AvgIpc) is 3.23. The summed E-state index contributed by atoms with van der Waals surface area (Å²) in [5.74, 6) is -0.0986. The van der Waals surface area contributed by atoms with E-state index in [1.807, 2.05) is 32.9 Å². The zero-order valence-corrected chi connectivity index (χ0v) is 18.8. The smallest absolute Gasteiger partial charge is 0.259 e. The minimum absolute atomic E-state index is 0.0259. The van der Waals surface area contributed by atoms with E-state index in [1.165, 1.54) is 0 Å². The summed E-state index contributed by atoms with van der Waals surface area (Å²) in [7, 11) is 0. The Labute approximate surface area is 190 Å². The molecule has 2 aliphatic rings. The van der Waals surface area contributed by atoms with Gasteiger partial charge in [0.25, 0.3) is 11.8 Å². The third-order valence-electron chi connectivity index (χ3n) is 6.22. The number of anilines is 2. The Morgan fingerprint density at radius 2 is 2.03 bits per heavy atom. The van der Waals surface area contributed by atoms with Crippen LogP contribution in [0.1, 0.15) is 45.8 Å². The molecule has 0 radical (unpaired) electrons. The van der Waals surface area contributed by atoms with Gasteiger partial charge in [0, 0.05) is 29.9 Å². The van der Waals surface area contributed by atoms with E-state index in [0.29, 0.717) is 40.6 Å². The molecule has 2 N–H and O–H groups in total. The van der Waals surface area contributed by atoms with Crippen LogP contribution < -0.4 is 10.2 Å². The summed E-state index contributed by atoms with van der Waals surface area (Å²) in [5, 5.41) is 10.8. The van der Waals surface area contributed by atoms with Crippen LogP contribution in [0.2, 0.25) is 5.02 Å². The molecule has 3 aromatic rings. The van der Waals surface area contributed by atoms with Crippen LogP contribution in [0.4, 0.5) is 11.4 Å². The number of fused-ring (bicyclic) bond motifs is 1. The Bertz CT molecular complexity index is 1230. The first kappa shape index (κ1) is 20.5. The number of aromatic amines is 1. The number of hydrogen-bond acceptors (Lipinski definition) is 5. The van der Waals surface area contributed by atoms with Gasteiger partial charge < -0.3 is 10.2 Å². The number of pyridine rings is 1. The van der Waals surface area contributed by atoms with Crippen LogP contribution in [-0.2, 0) is 5.54 Å². The van der Waals surface area contributed by atoms with Gasteiger partial charge in [0.15, 0.2) is 0 Å². The van der Waals surface area contributed by atoms with Crippen LogP contribution in [-0.4, -0.2) is 51.0 Å². The zero-order chi connectivity index (χ0) is 22.6. The third-order valence-corrected chi connectivity index (χ3v) is 6.45. The Kier molecular flexibility index (Phi) is 4.70. The molecule has 4 heterocycles. The number of hydrogen-bond donors (Lipinski definition) is 2. The van der Waals surface area contributed by atoms with Crippen LogP contribution in [0.15, 0.2) is 42.9 Å². The first-order chi connectivity index (χ1) is 15.3. The number of aromatic nitrogens is 3. The number of halogens is 1. The van der Waals surface area contributed by atoms with Gasteiger partial charge in [0.2, 0.25) is 0 Å². The Balaban J connectivity index is 1.31. The van der Waals surface area contributed by atoms with Crippen molar-refractivity contribution in [1.29, 1.82) is 0 Å². The third kappa shape index (κ3) is 3.22. The highest BCUT2D eigenvalue weighted by molar-refractivity contribution is 6.31. The molecule has 0 aliphatic carbocycles. The first-order valence-corrected chi connectivity index (χ1v) is 10.8. The molecule has 9 heteroatoms. The van der Waals surface area contributed by atoms with Crippen molar-refractivity contribution in [1.82, 2.24) is 20.1 Å². The van der Waals surface area contributed by atoms with Gasteiger partial charge in [-0.25, -0.2) is 0 Å². The zero-order valence-electron chi connectivity index (χ0n) is 18.0. The predicted molar refractivity (Wildman–Crippen MR) is 122 cm³/mol. The van der Waals surface area contributed by atoms with E-state index in [0.717, 1.165) is 11.3 Å². The number of H-pyrrole nitrogens is 1. The van der Waals surface area contributed by atoms with Crippen LogP contribution >= 0.6 is 11.6 Å². The van der Waals surface area contributed by atoms with Crippen LogP contribution in [0, 0.1) is 6.92 Å². The van der Waals surface area contributed by atoms with Gasteiger partial charge in [-0.3, -0.25) is 24.6 Å². The van der Waals surface area contributed by atoms with Gasteiger partial charge in [-0.05, 0) is 50.6 Å². The lowest BCUT2D eigenvalue weighted by molar-refractivity contribution is 0.0624. The van der Waals surface area contributed by atoms with Crippen molar-refractivity contribution in [2.24, 2.45) is 0 Å². The SMILES string of the molecule is Cc1n[nH]cc1C(=O)N1CC(Nc2cncc(N3C(=O)c4ccc(Cl)cc4C3(C)C)c2)C1. The molecule has 2 aromatic heterocycles. The predicted octanol–water partition coefficient (Wildman–Crippen LogP) is 3.60. The number of rotatable bonds is 4. The maximum Gasteiger partial charge on any atom is 0.259 e. The van der Waals surface area contributed by atoms with Crippen molar-refractivity contribution in [2.45, 2.75) is 32.4 Å². The molecule has 1 saturated heterocycles. The summed E-state index contributed by atoms with van der Waals surface area (Å²) in [6, 6.07) is 7.40. The molecule has 0 saturated carbocycles. The van der Waals surface area contributed by atoms with Crippen molar-refractivity contribution in [3.8, 4) is 0 Å². The van der Waals surface area contributed by atoms with E-state index in [2.05, 4.69) is 20.5 Å². The Hall–Kier alpha value is -3.39. The second-order valence-corrected chi connectivity index (χ2v) is 9.19. The Morgan fingerprint density at radius 3 is 2.75 bits per heavy atom. The molecule has 0 unspecified atom stereocenters. The fraction of sp³-hybridized carbons (Fsp3) is 0.304. The molecular formula is C23H23ClN6O2. The number of benzene rings is 1. The molecule has 5 rings (SSSR count). The van der Waals surface area contributed by atoms with Gasteiger partial charge in [-0.15, -0.1) is 0 Å². The molecule has 0 bridgehead atoms. The molecule has 164 valence electrons. The standard InChI is InChI=1S/C23H23ClN6O2/c1-13-19(10-26-28-13)21(31)29-11-16(12-29)27-15-7-17(9-25-8-15)30-22(32)18-5-4-14(24)6-20(18)23(30,2)3/h4-10,16,27H,11-12H2,1-3H3,(H,26,28). The number of likely N-dealkylation sites (tertiary alicyclic amines) is 1. The van der Waals surface area contributed by atoms with Crippen molar-refractivity contribution >= 4 is 34.8 Å². The van der Waals surface area contributed by atoms with E-state index in [9.17, 15) is 9.59 Å². The Morgan fingerprint density at radius 1 is 1.25 bits per heavy atom. The highest BCUT2D eigenvalue weighted by Crippen LogP contribution is 2.43. The van der Waals surface area contributed by atoms with E-state index in [1.54, 1.807) is 40.5 Å². The van der Waals surface area contributed by atoms with E-state index >= 15 is 0 Å². The van der Waals surface area contributed by atoms with Crippen LogP contribution in [0.3, 0.4) is 0 Å². The maximum atomic E-state index is 13.2. The lowest BCUT2D eigenvalue weighted by Gasteiger charge is -2.40. The summed E-state index contributed by atoms with van der Waals surface area (Å²) < 4.78 is 0. The molecule has 32 heavy (non-hydrogen) atoms. The fourth-order valence-corrected chi connectivity index (χ4v) is 4.66. The van der Waals surface area contributed by atoms with Gasteiger partial charge in [0.05, 0.1) is 46.6 Å². The van der Waals surface area contributed by atoms with Gasteiger partial charge in [0.1, 0.15) is 0 Å². The summed E-state index contributed by atoms with van der Waals surface area (Å²) in [6.07, 6.45) is 5.05. The van der Waals surface area contributed by atoms with Gasteiger partial charge >= 0.3 is 0 Å². The van der Waals surface area contributed by atoms with Crippen molar-refractivity contribution in [3.63, 3.8) is 0 Å². The molecule has 0 spiro atoms. The monoisotopic (exact) mass is 450 g/mol. The number of amides is 2. The average molecular weight is 451 g/mol. The molecule has 2 amide bonds.